The van der Waals surface area contributed by atoms with Crippen molar-refractivity contribution in [3.05, 3.63) is 75.2 Å². The summed E-state index contributed by atoms with van der Waals surface area (Å²) < 4.78 is 10.8. The predicted octanol–water partition coefficient (Wildman–Crippen LogP) is 5.19. The number of ether oxygens (including phenoxy) is 2. The first-order chi connectivity index (χ1) is 15.3. The molecule has 0 unspecified atom stereocenters. The topological polar surface area (TPSA) is 77.5 Å². The molecule has 168 valence electrons. The maximum Gasteiger partial charge on any atom is 0.344 e. The molecule has 0 atom stereocenters. The molecule has 0 aliphatic carbocycles. The zero-order chi connectivity index (χ0) is 23.1. The fourth-order valence-corrected chi connectivity index (χ4v) is 4.04. The first kappa shape index (κ1) is 23.5. The van der Waals surface area contributed by atoms with Gasteiger partial charge in [0, 0.05) is 11.1 Å². The van der Waals surface area contributed by atoms with Gasteiger partial charge in [-0.1, -0.05) is 38.1 Å². The molecule has 32 heavy (non-hydrogen) atoms. The number of hydrogen-bond acceptors (Lipinski definition) is 6. The van der Waals surface area contributed by atoms with Crippen LogP contribution in [0.3, 0.4) is 0 Å². The molecule has 1 heterocycles. The number of nitrogens with zero attached hydrogens (tertiary/aromatic N) is 1. The highest BCUT2D eigenvalue weighted by molar-refractivity contribution is 7.09. The van der Waals surface area contributed by atoms with E-state index in [2.05, 4.69) is 24.1 Å². The number of anilines is 1. The molecule has 0 saturated carbocycles. The van der Waals surface area contributed by atoms with E-state index in [0.29, 0.717) is 22.4 Å². The van der Waals surface area contributed by atoms with Gasteiger partial charge in [0.05, 0.1) is 12.1 Å². The Morgan fingerprint density at radius 3 is 2.59 bits per heavy atom. The number of amides is 1. The van der Waals surface area contributed by atoms with Crippen LogP contribution in [0.5, 0.6) is 5.75 Å². The van der Waals surface area contributed by atoms with Gasteiger partial charge in [-0.15, -0.1) is 11.3 Å². The molecular weight excluding hydrogens is 424 g/mol. The summed E-state index contributed by atoms with van der Waals surface area (Å²) in [5, 5.41) is 5.35. The number of rotatable bonds is 9. The SMILES string of the molecule is Cc1ccccc1NC(=O)Cc1nc(COC(=O)COc2ccc(C(C)C)c(C)c2)cs1. The van der Waals surface area contributed by atoms with E-state index in [9.17, 15) is 9.59 Å². The van der Waals surface area contributed by atoms with Gasteiger partial charge in [0.2, 0.25) is 5.91 Å². The molecule has 0 saturated heterocycles. The molecule has 2 aromatic carbocycles. The third-order valence-corrected chi connectivity index (χ3v) is 5.83. The number of aromatic nitrogens is 1. The number of benzene rings is 2. The summed E-state index contributed by atoms with van der Waals surface area (Å²) in [6, 6.07) is 13.4. The van der Waals surface area contributed by atoms with Gasteiger partial charge in [0.1, 0.15) is 17.4 Å². The minimum atomic E-state index is -0.470. The Balaban J connectivity index is 1.43. The lowest BCUT2D eigenvalue weighted by Crippen LogP contribution is -2.16. The Morgan fingerprint density at radius 1 is 1.09 bits per heavy atom. The minimum absolute atomic E-state index is 0.0451. The maximum atomic E-state index is 12.3. The molecule has 1 N–H and O–H groups in total. The van der Waals surface area contributed by atoms with Crippen LogP contribution in [0.2, 0.25) is 0 Å². The third kappa shape index (κ3) is 6.65. The summed E-state index contributed by atoms with van der Waals surface area (Å²) in [5.74, 6) is 0.469. The number of nitrogens with one attached hydrogen (secondary N) is 1. The lowest BCUT2D eigenvalue weighted by molar-refractivity contribution is -0.147. The third-order valence-electron chi connectivity index (χ3n) is 4.93. The van der Waals surface area contributed by atoms with Crippen molar-refractivity contribution in [1.82, 2.24) is 4.98 Å². The summed E-state index contributed by atoms with van der Waals surface area (Å²) in [6.07, 6.45) is 0.168. The van der Waals surface area contributed by atoms with Gasteiger partial charge < -0.3 is 14.8 Å². The Hall–Kier alpha value is -3.19. The Kier molecular flexibility index (Phi) is 8.00. The summed E-state index contributed by atoms with van der Waals surface area (Å²) in [4.78, 5) is 28.7. The van der Waals surface area contributed by atoms with Gasteiger partial charge in [-0.3, -0.25) is 4.79 Å². The van der Waals surface area contributed by atoms with Crippen molar-refractivity contribution in [3.63, 3.8) is 0 Å². The van der Waals surface area contributed by atoms with E-state index in [-0.39, 0.29) is 25.5 Å². The number of aryl methyl sites for hydroxylation is 2. The van der Waals surface area contributed by atoms with Gasteiger partial charge in [0.15, 0.2) is 6.61 Å². The fourth-order valence-electron chi connectivity index (χ4n) is 3.27. The lowest BCUT2D eigenvalue weighted by atomic mass is 9.98. The number of esters is 1. The quantitative estimate of drug-likeness (QED) is 0.452. The molecule has 0 bridgehead atoms. The van der Waals surface area contributed by atoms with E-state index in [0.717, 1.165) is 16.8 Å². The van der Waals surface area contributed by atoms with Crippen molar-refractivity contribution < 1.29 is 19.1 Å². The molecule has 7 heteroatoms. The molecule has 0 radical (unpaired) electrons. The molecule has 3 aromatic rings. The van der Waals surface area contributed by atoms with E-state index < -0.39 is 5.97 Å². The van der Waals surface area contributed by atoms with E-state index in [4.69, 9.17) is 9.47 Å². The minimum Gasteiger partial charge on any atom is -0.482 e. The van der Waals surface area contributed by atoms with Gasteiger partial charge in [-0.2, -0.15) is 0 Å². The smallest absolute Gasteiger partial charge is 0.344 e. The van der Waals surface area contributed by atoms with E-state index in [1.54, 1.807) is 5.38 Å². The Morgan fingerprint density at radius 2 is 1.88 bits per heavy atom. The summed E-state index contributed by atoms with van der Waals surface area (Å²) >= 11 is 1.37. The summed E-state index contributed by atoms with van der Waals surface area (Å²) in [5.41, 5.74) is 4.79. The molecular formula is C25H28N2O4S. The highest BCUT2D eigenvalue weighted by Crippen LogP contribution is 2.23. The van der Waals surface area contributed by atoms with Crippen LogP contribution in [0, 0.1) is 13.8 Å². The Bertz CT molecular complexity index is 1090. The van der Waals surface area contributed by atoms with E-state index in [1.807, 2.05) is 56.3 Å². The molecule has 1 amide bonds. The van der Waals surface area contributed by atoms with Gasteiger partial charge >= 0.3 is 5.97 Å². The van der Waals surface area contributed by atoms with Crippen molar-refractivity contribution in [2.45, 2.75) is 46.6 Å². The van der Waals surface area contributed by atoms with Crippen LogP contribution in [0.4, 0.5) is 5.69 Å². The zero-order valence-electron chi connectivity index (χ0n) is 18.8. The second-order valence-electron chi connectivity index (χ2n) is 7.89. The average Bonchev–Trinajstić information content (AvgIpc) is 3.19. The number of carbonyl (C=O) groups is 2. The van der Waals surface area contributed by atoms with Gasteiger partial charge in [0.25, 0.3) is 0 Å². The summed E-state index contributed by atoms with van der Waals surface area (Å²) in [6.45, 7) is 8.12. The first-order valence-electron chi connectivity index (χ1n) is 10.5. The van der Waals surface area contributed by atoms with Crippen LogP contribution in [0.15, 0.2) is 47.8 Å². The highest BCUT2D eigenvalue weighted by Gasteiger charge is 2.12. The molecule has 6 nitrogen and oxygen atoms in total. The average molecular weight is 453 g/mol. The number of para-hydroxylation sites is 1. The monoisotopic (exact) mass is 452 g/mol. The van der Waals surface area contributed by atoms with Crippen LogP contribution in [-0.4, -0.2) is 23.5 Å². The van der Waals surface area contributed by atoms with Crippen molar-refractivity contribution >= 4 is 28.9 Å². The number of thiazole rings is 1. The molecule has 0 aliphatic heterocycles. The van der Waals surface area contributed by atoms with Gasteiger partial charge in [-0.25, -0.2) is 9.78 Å². The molecule has 0 spiro atoms. The van der Waals surface area contributed by atoms with Crippen LogP contribution < -0.4 is 10.1 Å². The van der Waals surface area contributed by atoms with Crippen molar-refractivity contribution in [1.29, 1.82) is 0 Å². The van der Waals surface area contributed by atoms with Crippen LogP contribution in [-0.2, 0) is 27.4 Å². The van der Waals surface area contributed by atoms with Crippen molar-refractivity contribution in [2.75, 3.05) is 11.9 Å². The second-order valence-corrected chi connectivity index (χ2v) is 8.84. The number of hydrogen-bond donors (Lipinski definition) is 1. The molecule has 0 fully saturated rings. The molecule has 3 rings (SSSR count). The normalized spacial score (nSPS) is 10.8. The fraction of sp³-hybridized carbons (Fsp3) is 0.320. The highest BCUT2D eigenvalue weighted by atomic mass is 32.1. The van der Waals surface area contributed by atoms with Crippen LogP contribution in [0.1, 0.15) is 47.2 Å². The number of carbonyl (C=O) groups excluding carboxylic acids is 2. The van der Waals surface area contributed by atoms with Crippen LogP contribution >= 0.6 is 11.3 Å². The predicted molar refractivity (Wildman–Crippen MR) is 126 cm³/mol. The van der Waals surface area contributed by atoms with Crippen LogP contribution in [0.25, 0.3) is 0 Å². The van der Waals surface area contributed by atoms with Crippen molar-refractivity contribution in [2.24, 2.45) is 0 Å². The molecule has 1 aromatic heterocycles. The maximum absolute atomic E-state index is 12.3. The largest absolute Gasteiger partial charge is 0.482 e. The zero-order valence-corrected chi connectivity index (χ0v) is 19.6. The lowest BCUT2D eigenvalue weighted by Gasteiger charge is -2.12. The van der Waals surface area contributed by atoms with E-state index in [1.165, 1.54) is 16.9 Å². The first-order valence-corrected chi connectivity index (χ1v) is 11.4. The summed E-state index contributed by atoms with van der Waals surface area (Å²) in [7, 11) is 0. The second kappa shape index (κ2) is 10.9. The van der Waals surface area contributed by atoms with E-state index >= 15 is 0 Å². The standard InChI is InChI=1S/C25H28N2O4S/c1-16(2)21-10-9-20(11-18(21)4)30-14-25(29)31-13-19-15-32-24(26-19)12-23(28)27-22-8-6-5-7-17(22)3/h5-11,15-16H,12-14H2,1-4H3,(H,27,28). The van der Waals surface area contributed by atoms with Gasteiger partial charge in [-0.05, 0) is 54.7 Å². The van der Waals surface area contributed by atoms with Crippen molar-refractivity contribution in [3.8, 4) is 5.75 Å². The Labute approximate surface area is 192 Å². The molecule has 0 aliphatic rings.